The van der Waals surface area contributed by atoms with Crippen molar-refractivity contribution in [3.05, 3.63) is 35.4 Å². The molecule has 0 saturated heterocycles. The number of rotatable bonds is 3. The van der Waals surface area contributed by atoms with E-state index in [2.05, 4.69) is 5.32 Å². The molecule has 1 aliphatic rings. The zero-order chi connectivity index (χ0) is 11.5. The normalized spacial score (nSPS) is 24.9. The highest BCUT2D eigenvalue weighted by Crippen LogP contribution is 2.36. The van der Waals surface area contributed by atoms with Gasteiger partial charge in [0, 0.05) is 12.0 Å². The molecule has 2 unspecified atom stereocenters. The SMILES string of the molecule is CCNC1CCCC1c1cccc(F)c1F. The molecule has 0 amide bonds. The quantitative estimate of drug-likeness (QED) is 0.833. The summed E-state index contributed by atoms with van der Waals surface area (Å²) in [5.41, 5.74) is 0.531. The maximum Gasteiger partial charge on any atom is 0.162 e. The minimum Gasteiger partial charge on any atom is -0.314 e. The monoisotopic (exact) mass is 225 g/mol. The molecule has 16 heavy (non-hydrogen) atoms. The number of benzene rings is 1. The van der Waals surface area contributed by atoms with Gasteiger partial charge in [0.2, 0.25) is 0 Å². The Balaban J connectivity index is 2.25. The second-order valence-electron chi connectivity index (χ2n) is 4.34. The Labute approximate surface area is 94.9 Å². The fourth-order valence-electron chi connectivity index (χ4n) is 2.65. The van der Waals surface area contributed by atoms with Crippen LogP contribution >= 0.6 is 0 Å². The first-order valence-corrected chi connectivity index (χ1v) is 5.91. The van der Waals surface area contributed by atoms with E-state index in [1.54, 1.807) is 12.1 Å². The summed E-state index contributed by atoms with van der Waals surface area (Å²) in [4.78, 5) is 0. The minimum atomic E-state index is -0.736. The van der Waals surface area contributed by atoms with Crippen molar-refractivity contribution in [2.24, 2.45) is 0 Å². The molecule has 1 aromatic carbocycles. The van der Waals surface area contributed by atoms with Gasteiger partial charge in [0.05, 0.1) is 0 Å². The molecule has 0 spiro atoms. The Morgan fingerprint density at radius 1 is 1.31 bits per heavy atom. The van der Waals surface area contributed by atoms with Gasteiger partial charge in [-0.15, -0.1) is 0 Å². The lowest BCUT2D eigenvalue weighted by Crippen LogP contribution is -2.31. The van der Waals surface area contributed by atoms with Gasteiger partial charge in [-0.05, 0) is 31.0 Å². The van der Waals surface area contributed by atoms with Gasteiger partial charge in [0.25, 0.3) is 0 Å². The number of halogens is 2. The highest BCUT2D eigenvalue weighted by Gasteiger charge is 2.30. The summed E-state index contributed by atoms with van der Waals surface area (Å²) >= 11 is 0. The predicted molar refractivity (Wildman–Crippen MR) is 60.4 cm³/mol. The number of hydrogen-bond acceptors (Lipinski definition) is 1. The first-order valence-electron chi connectivity index (χ1n) is 5.91. The van der Waals surface area contributed by atoms with Crippen LogP contribution in [0.25, 0.3) is 0 Å². The molecule has 0 aromatic heterocycles. The van der Waals surface area contributed by atoms with Crippen LogP contribution in [0.2, 0.25) is 0 Å². The lowest BCUT2D eigenvalue weighted by molar-refractivity contribution is 0.451. The van der Waals surface area contributed by atoms with E-state index in [9.17, 15) is 8.78 Å². The molecule has 1 saturated carbocycles. The van der Waals surface area contributed by atoms with Gasteiger partial charge in [-0.1, -0.05) is 25.5 Å². The molecule has 1 aliphatic carbocycles. The van der Waals surface area contributed by atoms with Crippen LogP contribution < -0.4 is 5.32 Å². The molecule has 1 fully saturated rings. The molecule has 0 radical (unpaired) electrons. The minimum absolute atomic E-state index is 0.121. The van der Waals surface area contributed by atoms with Gasteiger partial charge in [0.15, 0.2) is 11.6 Å². The third kappa shape index (κ3) is 2.09. The van der Waals surface area contributed by atoms with Gasteiger partial charge >= 0.3 is 0 Å². The van der Waals surface area contributed by atoms with Crippen molar-refractivity contribution in [1.29, 1.82) is 0 Å². The average molecular weight is 225 g/mol. The van der Waals surface area contributed by atoms with Crippen LogP contribution in [-0.2, 0) is 0 Å². The molecule has 1 nitrogen and oxygen atoms in total. The van der Waals surface area contributed by atoms with Gasteiger partial charge < -0.3 is 5.32 Å². The topological polar surface area (TPSA) is 12.0 Å². The Morgan fingerprint density at radius 2 is 2.12 bits per heavy atom. The highest BCUT2D eigenvalue weighted by molar-refractivity contribution is 5.25. The Kier molecular flexibility index (Phi) is 3.54. The third-order valence-corrected chi connectivity index (χ3v) is 3.36. The molecule has 2 atom stereocenters. The maximum atomic E-state index is 13.7. The van der Waals surface area contributed by atoms with Crippen LogP contribution in [0, 0.1) is 11.6 Å². The molecular formula is C13H17F2N. The van der Waals surface area contributed by atoms with Crippen molar-refractivity contribution >= 4 is 0 Å². The van der Waals surface area contributed by atoms with Gasteiger partial charge in [-0.25, -0.2) is 8.78 Å². The van der Waals surface area contributed by atoms with E-state index < -0.39 is 11.6 Å². The Morgan fingerprint density at radius 3 is 2.88 bits per heavy atom. The van der Waals surface area contributed by atoms with E-state index in [1.807, 2.05) is 6.92 Å². The van der Waals surface area contributed by atoms with Crippen LogP contribution in [0.15, 0.2) is 18.2 Å². The van der Waals surface area contributed by atoms with Crippen molar-refractivity contribution in [3.8, 4) is 0 Å². The van der Waals surface area contributed by atoms with Crippen LogP contribution in [0.1, 0.15) is 37.7 Å². The summed E-state index contributed by atoms with van der Waals surface area (Å²) in [6.45, 7) is 2.91. The van der Waals surface area contributed by atoms with Crippen LogP contribution in [0.5, 0.6) is 0 Å². The Hall–Kier alpha value is -0.960. The van der Waals surface area contributed by atoms with E-state index in [1.165, 1.54) is 6.07 Å². The molecule has 88 valence electrons. The number of nitrogens with one attached hydrogen (secondary N) is 1. The van der Waals surface area contributed by atoms with Gasteiger partial charge in [-0.3, -0.25) is 0 Å². The molecule has 0 bridgehead atoms. The van der Waals surface area contributed by atoms with Crippen LogP contribution in [0.4, 0.5) is 8.78 Å². The van der Waals surface area contributed by atoms with E-state index >= 15 is 0 Å². The van der Waals surface area contributed by atoms with Gasteiger partial charge in [-0.2, -0.15) is 0 Å². The highest BCUT2D eigenvalue weighted by atomic mass is 19.2. The fourth-order valence-corrected chi connectivity index (χ4v) is 2.65. The van der Waals surface area contributed by atoms with Crippen LogP contribution in [0.3, 0.4) is 0 Å². The average Bonchev–Trinajstić information content (AvgIpc) is 2.71. The molecule has 2 rings (SSSR count). The fraction of sp³-hybridized carbons (Fsp3) is 0.538. The zero-order valence-electron chi connectivity index (χ0n) is 9.47. The summed E-state index contributed by atoms with van der Waals surface area (Å²) in [5, 5.41) is 3.35. The number of likely N-dealkylation sites (N-methyl/N-ethyl adjacent to an activating group) is 1. The maximum absolute atomic E-state index is 13.7. The molecule has 0 heterocycles. The number of hydrogen-bond donors (Lipinski definition) is 1. The standard InChI is InChI=1S/C13H17F2N/c1-2-16-12-8-4-5-9(12)10-6-3-7-11(14)13(10)15/h3,6-7,9,12,16H,2,4-5,8H2,1H3. The van der Waals surface area contributed by atoms with E-state index in [-0.39, 0.29) is 5.92 Å². The summed E-state index contributed by atoms with van der Waals surface area (Å²) in [5.74, 6) is -1.28. The van der Waals surface area contributed by atoms with Crippen LogP contribution in [-0.4, -0.2) is 12.6 Å². The summed E-state index contributed by atoms with van der Waals surface area (Å²) < 4.78 is 26.8. The lowest BCUT2D eigenvalue weighted by Gasteiger charge is -2.21. The van der Waals surface area contributed by atoms with Crippen molar-refractivity contribution in [2.75, 3.05) is 6.54 Å². The second-order valence-corrected chi connectivity index (χ2v) is 4.34. The van der Waals surface area contributed by atoms with E-state index in [0.29, 0.717) is 11.6 Å². The lowest BCUT2D eigenvalue weighted by atomic mass is 9.93. The summed E-state index contributed by atoms with van der Waals surface area (Å²) in [7, 11) is 0. The largest absolute Gasteiger partial charge is 0.314 e. The van der Waals surface area contributed by atoms with Crippen molar-refractivity contribution < 1.29 is 8.78 Å². The smallest absolute Gasteiger partial charge is 0.162 e. The third-order valence-electron chi connectivity index (χ3n) is 3.36. The van der Waals surface area contributed by atoms with Crippen molar-refractivity contribution in [2.45, 2.75) is 38.1 Å². The molecule has 1 N–H and O–H groups in total. The van der Waals surface area contributed by atoms with Crippen molar-refractivity contribution in [1.82, 2.24) is 5.32 Å². The Bertz CT molecular complexity index is 365. The van der Waals surface area contributed by atoms with Crippen molar-refractivity contribution in [3.63, 3.8) is 0 Å². The molecule has 3 heteroatoms. The summed E-state index contributed by atoms with van der Waals surface area (Å²) in [6.07, 6.45) is 3.07. The van der Waals surface area contributed by atoms with Gasteiger partial charge in [0.1, 0.15) is 0 Å². The zero-order valence-corrected chi connectivity index (χ0v) is 9.47. The van der Waals surface area contributed by atoms with E-state index in [4.69, 9.17) is 0 Å². The molecule has 1 aromatic rings. The molecular weight excluding hydrogens is 208 g/mol. The van der Waals surface area contributed by atoms with E-state index in [0.717, 1.165) is 25.8 Å². The second kappa shape index (κ2) is 4.91. The summed E-state index contributed by atoms with van der Waals surface area (Å²) in [6, 6.07) is 4.77. The first-order chi connectivity index (χ1) is 7.74. The molecule has 0 aliphatic heterocycles. The predicted octanol–water partition coefficient (Wildman–Crippen LogP) is 3.21. The first kappa shape index (κ1) is 11.5.